The summed E-state index contributed by atoms with van der Waals surface area (Å²) in [6.07, 6.45) is 6.14. The van der Waals surface area contributed by atoms with E-state index in [1.807, 2.05) is 11.9 Å². The molecule has 2 saturated heterocycles. The minimum absolute atomic E-state index is 0.112. The Morgan fingerprint density at radius 3 is 2.56 bits per heavy atom. The average Bonchev–Trinajstić information content (AvgIpc) is 2.98. The molecule has 2 atom stereocenters. The number of carbonyl (C=O) groups excluding carboxylic acids is 1. The molecular weight excluding hydrogens is 344 g/mol. The summed E-state index contributed by atoms with van der Waals surface area (Å²) in [5, 5.41) is 18.8. The molecule has 1 aromatic rings. The molecule has 0 unspecified atom stereocenters. The SMILES string of the molecule is CN1C[C@H](O)C[C@H]1c1nnc2n1CCN(C(=O)CN1CCCCCC1)CC2. The van der Waals surface area contributed by atoms with Crippen LogP contribution in [0.25, 0.3) is 0 Å². The van der Waals surface area contributed by atoms with Crippen molar-refractivity contribution in [3.8, 4) is 0 Å². The Balaban J connectivity index is 1.39. The Morgan fingerprint density at radius 2 is 1.85 bits per heavy atom. The van der Waals surface area contributed by atoms with Gasteiger partial charge < -0.3 is 14.6 Å². The van der Waals surface area contributed by atoms with Crippen molar-refractivity contribution in [1.29, 1.82) is 0 Å². The molecule has 1 N–H and O–H groups in total. The van der Waals surface area contributed by atoms with Gasteiger partial charge in [0.1, 0.15) is 5.82 Å². The fraction of sp³-hybridized carbons (Fsp3) is 0.842. The number of aromatic nitrogens is 3. The molecule has 0 aliphatic carbocycles. The predicted octanol–water partition coefficient (Wildman–Crippen LogP) is 0.276. The van der Waals surface area contributed by atoms with Gasteiger partial charge in [0, 0.05) is 32.6 Å². The Morgan fingerprint density at radius 1 is 1.07 bits per heavy atom. The molecule has 3 aliphatic rings. The summed E-state index contributed by atoms with van der Waals surface area (Å²) >= 11 is 0. The molecule has 27 heavy (non-hydrogen) atoms. The van der Waals surface area contributed by atoms with E-state index in [0.29, 0.717) is 32.6 Å². The first kappa shape index (κ1) is 18.8. The molecule has 0 saturated carbocycles. The highest BCUT2D eigenvalue weighted by molar-refractivity contribution is 5.78. The molecule has 0 spiro atoms. The summed E-state index contributed by atoms with van der Waals surface area (Å²) in [6, 6.07) is 0.112. The summed E-state index contributed by atoms with van der Waals surface area (Å²) in [7, 11) is 2.02. The van der Waals surface area contributed by atoms with Gasteiger partial charge in [0.05, 0.1) is 18.7 Å². The average molecular weight is 377 g/mol. The number of aliphatic hydroxyl groups is 1. The van der Waals surface area contributed by atoms with Crippen LogP contribution in [-0.2, 0) is 17.8 Å². The van der Waals surface area contributed by atoms with E-state index in [-0.39, 0.29) is 18.1 Å². The van der Waals surface area contributed by atoms with E-state index in [1.165, 1.54) is 25.7 Å². The number of hydrogen-bond acceptors (Lipinski definition) is 6. The Bertz CT molecular complexity index is 655. The quantitative estimate of drug-likeness (QED) is 0.816. The van der Waals surface area contributed by atoms with Crippen molar-refractivity contribution >= 4 is 5.91 Å². The van der Waals surface area contributed by atoms with Crippen LogP contribution < -0.4 is 0 Å². The van der Waals surface area contributed by atoms with Gasteiger partial charge in [-0.2, -0.15) is 0 Å². The molecule has 1 aromatic heterocycles. The summed E-state index contributed by atoms with van der Waals surface area (Å²) in [4.78, 5) is 19.3. The molecular formula is C19H32N6O2. The van der Waals surface area contributed by atoms with Gasteiger partial charge in [0.2, 0.25) is 5.91 Å². The topological polar surface area (TPSA) is 77.7 Å². The number of amides is 1. The van der Waals surface area contributed by atoms with Crippen molar-refractivity contribution in [1.82, 2.24) is 29.5 Å². The van der Waals surface area contributed by atoms with Gasteiger partial charge >= 0.3 is 0 Å². The number of fused-ring (bicyclic) bond motifs is 1. The van der Waals surface area contributed by atoms with Crippen LogP contribution in [0.3, 0.4) is 0 Å². The zero-order chi connectivity index (χ0) is 18.8. The van der Waals surface area contributed by atoms with Crippen LogP contribution in [0, 0.1) is 0 Å². The largest absolute Gasteiger partial charge is 0.392 e. The number of β-amino-alcohol motifs (C(OH)–C–C–N with tert-alkyl or cyclic N) is 1. The predicted molar refractivity (Wildman–Crippen MR) is 101 cm³/mol. The molecule has 150 valence electrons. The van der Waals surface area contributed by atoms with E-state index >= 15 is 0 Å². The summed E-state index contributed by atoms with van der Waals surface area (Å²) in [5.41, 5.74) is 0. The van der Waals surface area contributed by atoms with Gasteiger partial charge in [-0.25, -0.2) is 0 Å². The number of likely N-dealkylation sites (tertiary alicyclic amines) is 2. The first-order chi connectivity index (χ1) is 13.1. The third-order valence-corrected chi connectivity index (χ3v) is 6.29. The molecule has 0 aromatic carbocycles. The van der Waals surface area contributed by atoms with Gasteiger partial charge in [-0.15, -0.1) is 10.2 Å². The van der Waals surface area contributed by atoms with Gasteiger partial charge in [-0.3, -0.25) is 14.6 Å². The normalized spacial score (nSPS) is 28.0. The number of aliphatic hydroxyl groups excluding tert-OH is 1. The maximum atomic E-state index is 12.8. The highest BCUT2D eigenvalue weighted by Crippen LogP contribution is 2.30. The van der Waals surface area contributed by atoms with Crippen LogP contribution in [0.4, 0.5) is 0 Å². The summed E-state index contributed by atoms with van der Waals surface area (Å²) in [5.74, 6) is 2.14. The van der Waals surface area contributed by atoms with Crippen LogP contribution >= 0.6 is 0 Å². The second-order valence-corrected chi connectivity index (χ2v) is 8.29. The van der Waals surface area contributed by atoms with Crippen molar-refractivity contribution in [2.75, 3.05) is 46.3 Å². The van der Waals surface area contributed by atoms with E-state index in [9.17, 15) is 9.90 Å². The second kappa shape index (κ2) is 8.24. The standard InChI is InChI=1S/C19H32N6O2/c1-22-13-15(26)12-16(22)19-21-20-17-6-9-24(10-11-25(17)19)18(27)14-23-7-4-2-3-5-8-23/h15-16,26H,2-14H2,1H3/t15-,16+/m1/s1. The molecule has 8 nitrogen and oxygen atoms in total. The first-order valence-corrected chi connectivity index (χ1v) is 10.4. The first-order valence-electron chi connectivity index (χ1n) is 10.4. The van der Waals surface area contributed by atoms with Crippen LogP contribution in [-0.4, -0.2) is 92.9 Å². The molecule has 4 rings (SSSR count). The number of likely N-dealkylation sites (N-methyl/N-ethyl adjacent to an activating group) is 1. The van der Waals surface area contributed by atoms with Crippen LogP contribution in [0.1, 0.15) is 49.8 Å². The van der Waals surface area contributed by atoms with Gasteiger partial charge in [0.25, 0.3) is 0 Å². The Labute approximate surface area is 161 Å². The van der Waals surface area contributed by atoms with Crippen molar-refractivity contribution < 1.29 is 9.90 Å². The zero-order valence-electron chi connectivity index (χ0n) is 16.4. The molecule has 8 heteroatoms. The van der Waals surface area contributed by atoms with Crippen LogP contribution in [0.2, 0.25) is 0 Å². The summed E-state index contributed by atoms with van der Waals surface area (Å²) < 4.78 is 2.18. The number of carbonyl (C=O) groups is 1. The van der Waals surface area contributed by atoms with Crippen molar-refractivity contribution in [3.63, 3.8) is 0 Å². The smallest absolute Gasteiger partial charge is 0.236 e. The highest BCUT2D eigenvalue weighted by Gasteiger charge is 2.34. The molecule has 0 bridgehead atoms. The molecule has 3 aliphatic heterocycles. The van der Waals surface area contributed by atoms with Crippen molar-refractivity contribution in [3.05, 3.63) is 11.6 Å². The van der Waals surface area contributed by atoms with E-state index in [0.717, 1.165) is 37.7 Å². The minimum Gasteiger partial charge on any atom is -0.392 e. The van der Waals surface area contributed by atoms with Gasteiger partial charge in [-0.05, 0) is 39.4 Å². The van der Waals surface area contributed by atoms with Crippen molar-refractivity contribution in [2.24, 2.45) is 0 Å². The fourth-order valence-corrected chi connectivity index (χ4v) is 4.70. The van der Waals surface area contributed by atoms with E-state index in [2.05, 4.69) is 24.6 Å². The number of nitrogens with zero attached hydrogens (tertiary/aromatic N) is 6. The molecule has 1 amide bonds. The molecule has 2 fully saturated rings. The van der Waals surface area contributed by atoms with Crippen LogP contribution in [0.15, 0.2) is 0 Å². The van der Waals surface area contributed by atoms with Crippen molar-refractivity contribution in [2.45, 2.75) is 57.2 Å². The van der Waals surface area contributed by atoms with Gasteiger partial charge in [0.15, 0.2) is 5.82 Å². The van der Waals surface area contributed by atoms with E-state index in [4.69, 9.17) is 0 Å². The minimum atomic E-state index is -0.301. The molecule has 0 radical (unpaired) electrons. The molecule has 4 heterocycles. The fourth-order valence-electron chi connectivity index (χ4n) is 4.70. The zero-order valence-corrected chi connectivity index (χ0v) is 16.4. The lowest BCUT2D eigenvalue weighted by Crippen LogP contribution is -2.42. The Hall–Kier alpha value is -1.51. The number of hydrogen-bond donors (Lipinski definition) is 1. The van der Waals surface area contributed by atoms with E-state index < -0.39 is 0 Å². The van der Waals surface area contributed by atoms with E-state index in [1.54, 1.807) is 0 Å². The lowest BCUT2D eigenvalue weighted by atomic mass is 10.2. The summed E-state index contributed by atoms with van der Waals surface area (Å²) in [6.45, 7) is 5.48. The van der Waals surface area contributed by atoms with Gasteiger partial charge in [-0.1, -0.05) is 12.8 Å². The third-order valence-electron chi connectivity index (χ3n) is 6.29. The second-order valence-electron chi connectivity index (χ2n) is 8.29. The highest BCUT2D eigenvalue weighted by atomic mass is 16.3. The maximum Gasteiger partial charge on any atom is 0.236 e. The van der Waals surface area contributed by atoms with Crippen LogP contribution in [0.5, 0.6) is 0 Å². The number of rotatable bonds is 3. The Kier molecular flexibility index (Phi) is 5.75. The third kappa shape index (κ3) is 4.17. The monoisotopic (exact) mass is 376 g/mol. The lowest BCUT2D eigenvalue weighted by Gasteiger charge is -2.25. The maximum absolute atomic E-state index is 12.8. The lowest BCUT2D eigenvalue weighted by molar-refractivity contribution is -0.132.